The zero-order valence-corrected chi connectivity index (χ0v) is 9.47. The monoisotopic (exact) mass is 228 g/mol. The lowest BCUT2D eigenvalue weighted by Crippen LogP contribution is -2.29. The number of carbonyl (C=O) groups excluding carboxylic acids is 1. The fraction of sp³-hybridized carbons (Fsp3) is 0.700. The highest BCUT2D eigenvalue weighted by atomic mass is 16.5. The normalized spacial score (nSPS) is 19.5. The smallest absolute Gasteiger partial charge is 0.324 e. The van der Waals surface area contributed by atoms with Crippen LogP contribution in [0.4, 0.5) is 0 Å². The van der Waals surface area contributed by atoms with E-state index >= 15 is 0 Å². The number of hydrogen-bond donors (Lipinski definition) is 1. The van der Waals surface area contributed by atoms with Crippen LogP contribution in [0, 0.1) is 0 Å². The largest absolute Gasteiger partial charge is 0.480 e. The van der Waals surface area contributed by atoms with Crippen molar-refractivity contribution in [2.24, 2.45) is 5.10 Å². The molecule has 6 heteroatoms. The number of carboxylic acids is 1. The Morgan fingerprint density at radius 2 is 2.31 bits per heavy atom. The van der Waals surface area contributed by atoms with Gasteiger partial charge in [0.2, 0.25) is 0 Å². The number of aliphatic carboxylic acids is 1. The number of carboxylic acid groups (broad SMARTS) is 1. The van der Waals surface area contributed by atoms with Crippen LogP contribution < -0.4 is 0 Å². The van der Waals surface area contributed by atoms with Crippen molar-refractivity contribution < 1.29 is 19.4 Å². The van der Waals surface area contributed by atoms with Gasteiger partial charge in [0.25, 0.3) is 0 Å². The van der Waals surface area contributed by atoms with E-state index in [2.05, 4.69) is 9.84 Å². The molecule has 16 heavy (non-hydrogen) atoms. The van der Waals surface area contributed by atoms with Crippen LogP contribution in [-0.4, -0.2) is 47.5 Å². The van der Waals surface area contributed by atoms with Crippen LogP contribution in [0.25, 0.3) is 0 Å². The fourth-order valence-electron chi connectivity index (χ4n) is 1.60. The first-order valence-corrected chi connectivity index (χ1v) is 5.14. The van der Waals surface area contributed by atoms with Gasteiger partial charge in [0, 0.05) is 12.1 Å². The quantitative estimate of drug-likeness (QED) is 0.692. The molecule has 0 spiro atoms. The van der Waals surface area contributed by atoms with E-state index < -0.39 is 5.97 Å². The van der Waals surface area contributed by atoms with E-state index in [1.54, 1.807) is 0 Å². The van der Waals surface area contributed by atoms with Crippen LogP contribution in [0.15, 0.2) is 5.10 Å². The van der Waals surface area contributed by atoms with Crippen LogP contribution in [0.2, 0.25) is 0 Å². The maximum absolute atomic E-state index is 10.9. The van der Waals surface area contributed by atoms with Crippen LogP contribution in [-0.2, 0) is 14.3 Å². The van der Waals surface area contributed by atoms with Gasteiger partial charge in [-0.15, -0.1) is 0 Å². The Kier molecular flexibility index (Phi) is 4.28. The van der Waals surface area contributed by atoms with Crippen molar-refractivity contribution in [1.29, 1.82) is 0 Å². The number of hydrogen-bond acceptors (Lipinski definition) is 5. The van der Waals surface area contributed by atoms with E-state index in [-0.39, 0.29) is 18.6 Å². The number of esters is 1. The number of carbonyl (C=O) groups is 2. The summed E-state index contributed by atoms with van der Waals surface area (Å²) in [6, 6.07) is 0.0868. The SMILES string of the molecule is COC(=O)CCC1=NN(CC(=O)O)C(C)C1. The summed E-state index contributed by atoms with van der Waals surface area (Å²) in [5, 5.41) is 14.4. The summed E-state index contributed by atoms with van der Waals surface area (Å²) in [4.78, 5) is 21.5. The summed E-state index contributed by atoms with van der Waals surface area (Å²) in [7, 11) is 1.35. The zero-order chi connectivity index (χ0) is 12.1. The first-order chi connectivity index (χ1) is 7.52. The third-order valence-electron chi connectivity index (χ3n) is 2.45. The lowest BCUT2D eigenvalue weighted by Gasteiger charge is -2.16. The van der Waals surface area contributed by atoms with E-state index in [0.29, 0.717) is 19.3 Å². The topological polar surface area (TPSA) is 79.2 Å². The molecule has 0 saturated heterocycles. The van der Waals surface area contributed by atoms with Gasteiger partial charge in [0.05, 0.1) is 19.6 Å². The predicted octanol–water partition coefficient (Wildman–Crippen LogP) is 0.474. The second kappa shape index (κ2) is 5.48. The molecule has 0 aliphatic carbocycles. The molecular weight excluding hydrogens is 212 g/mol. The lowest BCUT2D eigenvalue weighted by molar-refractivity contribution is -0.140. The Bertz CT molecular complexity index is 314. The molecule has 1 atom stereocenters. The molecule has 0 amide bonds. The molecule has 90 valence electrons. The molecule has 0 aromatic carbocycles. The van der Waals surface area contributed by atoms with Gasteiger partial charge >= 0.3 is 11.9 Å². The fourth-order valence-corrected chi connectivity index (χ4v) is 1.60. The number of ether oxygens (including phenoxy) is 1. The summed E-state index contributed by atoms with van der Waals surface area (Å²) in [5.74, 6) is -1.17. The number of nitrogens with zero attached hydrogens (tertiary/aromatic N) is 2. The van der Waals surface area contributed by atoms with Gasteiger partial charge < -0.3 is 9.84 Å². The summed E-state index contributed by atoms with van der Waals surface area (Å²) in [6.45, 7) is 1.82. The molecular formula is C10H16N2O4. The summed E-state index contributed by atoms with van der Waals surface area (Å²) in [5.41, 5.74) is 0.860. The molecule has 0 aromatic heterocycles. The molecule has 1 aliphatic rings. The Balaban J connectivity index is 2.44. The standard InChI is InChI=1S/C10H16N2O4/c1-7-5-8(3-4-10(15)16-2)11-12(7)6-9(13)14/h7H,3-6H2,1-2H3,(H,13,14). The minimum absolute atomic E-state index is 0.0868. The number of methoxy groups -OCH3 is 1. The Hall–Kier alpha value is -1.59. The van der Waals surface area contributed by atoms with Crippen LogP contribution in [0.3, 0.4) is 0 Å². The highest BCUT2D eigenvalue weighted by molar-refractivity contribution is 5.89. The summed E-state index contributed by atoms with van der Waals surface area (Å²) in [6.07, 6.45) is 1.54. The maximum Gasteiger partial charge on any atom is 0.324 e. The maximum atomic E-state index is 10.9. The van der Waals surface area contributed by atoms with E-state index in [9.17, 15) is 9.59 Å². The summed E-state index contributed by atoms with van der Waals surface area (Å²) >= 11 is 0. The average molecular weight is 228 g/mol. The third kappa shape index (κ3) is 3.52. The van der Waals surface area contributed by atoms with Crippen molar-refractivity contribution in [3.05, 3.63) is 0 Å². The van der Waals surface area contributed by atoms with Gasteiger partial charge in [0.15, 0.2) is 0 Å². The van der Waals surface area contributed by atoms with Gasteiger partial charge in [-0.1, -0.05) is 0 Å². The van der Waals surface area contributed by atoms with Crippen LogP contribution in [0.5, 0.6) is 0 Å². The molecule has 0 saturated carbocycles. The number of rotatable bonds is 5. The molecule has 1 N–H and O–H groups in total. The van der Waals surface area contributed by atoms with Crippen molar-refractivity contribution >= 4 is 17.7 Å². The van der Waals surface area contributed by atoms with Gasteiger partial charge in [-0.25, -0.2) is 0 Å². The highest BCUT2D eigenvalue weighted by Crippen LogP contribution is 2.17. The van der Waals surface area contributed by atoms with Crippen molar-refractivity contribution in [2.45, 2.75) is 32.2 Å². The summed E-state index contributed by atoms with van der Waals surface area (Å²) < 4.78 is 4.53. The highest BCUT2D eigenvalue weighted by Gasteiger charge is 2.24. The predicted molar refractivity (Wildman–Crippen MR) is 57.1 cm³/mol. The molecule has 0 fully saturated rings. The molecule has 1 aliphatic heterocycles. The molecule has 0 radical (unpaired) electrons. The second-order valence-corrected chi connectivity index (χ2v) is 3.79. The van der Waals surface area contributed by atoms with Crippen LogP contribution in [0.1, 0.15) is 26.2 Å². The molecule has 1 heterocycles. The van der Waals surface area contributed by atoms with E-state index in [1.165, 1.54) is 12.1 Å². The van der Waals surface area contributed by atoms with Crippen LogP contribution >= 0.6 is 0 Å². The first kappa shape index (κ1) is 12.5. The van der Waals surface area contributed by atoms with Gasteiger partial charge in [-0.3, -0.25) is 14.6 Å². The number of hydrazone groups is 1. The van der Waals surface area contributed by atoms with Gasteiger partial charge in [-0.05, 0) is 13.3 Å². The molecule has 0 aromatic rings. The van der Waals surface area contributed by atoms with Crippen molar-refractivity contribution in [2.75, 3.05) is 13.7 Å². The Labute approximate surface area is 93.9 Å². The molecule has 1 unspecified atom stereocenters. The van der Waals surface area contributed by atoms with Crippen molar-refractivity contribution in [1.82, 2.24) is 5.01 Å². The van der Waals surface area contributed by atoms with E-state index in [0.717, 1.165) is 5.71 Å². The van der Waals surface area contributed by atoms with E-state index in [4.69, 9.17) is 5.11 Å². The zero-order valence-electron chi connectivity index (χ0n) is 9.47. The Morgan fingerprint density at radius 1 is 1.62 bits per heavy atom. The van der Waals surface area contributed by atoms with Gasteiger partial charge in [0.1, 0.15) is 6.54 Å². The minimum atomic E-state index is -0.898. The van der Waals surface area contributed by atoms with Crippen molar-refractivity contribution in [3.8, 4) is 0 Å². The first-order valence-electron chi connectivity index (χ1n) is 5.14. The van der Waals surface area contributed by atoms with Gasteiger partial charge in [-0.2, -0.15) is 5.10 Å². The van der Waals surface area contributed by atoms with E-state index in [1.807, 2.05) is 6.92 Å². The third-order valence-corrected chi connectivity index (χ3v) is 2.45. The Morgan fingerprint density at radius 3 is 2.88 bits per heavy atom. The molecule has 1 rings (SSSR count). The molecule has 6 nitrogen and oxygen atoms in total. The van der Waals surface area contributed by atoms with Crippen molar-refractivity contribution in [3.63, 3.8) is 0 Å². The molecule has 0 bridgehead atoms. The lowest BCUT2D eigenvalue weighted by atomic mass is 10.1. The second-order valence-electron chi connectivity index (χ2n) is 3.79. The minimum Gasteiger partial charge on any atom is -0.480 e. The average Bonchev–Trinajstić information content (AvgIpc) is 2.55.